The molecule has 126 valence electrons. The van der Waals surface area contributed by atoms with Crippen LogP contribution in [0.25, 0.3) is 0 Å². The molecule has 0 aromatic rings. The van der Waals surface area contributed by atoms with Crippen LogP contribution in [0.15, 0.2) is 0 Å². The molecule has 0 radical (unpaired) electrons. The van der Waals surface area contributed by atoms with Gasteiger partial charge in [-0.25, -0.2) is 0 Å². The van der Waals surface area contributed by atoms with Gasteiger partial charge in [-0.05, 0) is 18.8 Å². The predicted molar refractivity (Wildman–Crippen MR) is 87.2 cm³/mol. The first kappa shape index (κ1) is 17.3. The largest absolute Gasteiger partial charge is 0.337 e. The van der Waals surface area contributed by atoms with Crippen LogP contribution in [0.2, 0.25) is 0 Å². The summed E-state index contributed by atoms with van der Waals surface area (Å²) >= 11 is 0. The van der Waals surface area contributed by atoms with E-state index in [1.807, 2.05) is 16.7 Å². The Morgan fingerprint density at radius 3 is 2.36 bits per heavy atom. The van der Waals surface area contributed by atoms with Crippen LogP contribution in [0, 0.1) is 5.92 Å². The van der Waals surface area contributed by atoms with E-state index >= 15 is 0 Å². The molecule has 1 spiro atoms. The molecular formula is C17H31N3O2. The van der Waals surface area contributed by atoms with E-state index in [2.05, 4.69) is 6.92 Å². The highest BCUT2D eigenvalue weighted by molar-refractivity contribution is 5.82. The maximum absolute atomic E-state index is 12.7. The molecule has 1 heterocycles. The number of rotatable bonds is 3. The molecule has 0 aromatic carbocycles. The Balaban J connectivity index is 2.14. The monoisotopic (exact) mass is 309 g/mol. The molecule has 2 amide bonds. The van der Waals surface area contributed by atoms with Gasteiger partial charge in [-0.2, -0.15) is 0 Å². The van der Waals surface area contributed by atoms with Crippen LogP contribution in [0.1, 0.15) is 59.3 Å². The molecule has 22 heavy (non-hydrogen) atoms. The van der Waals surface area contributed by atoms with E-state index < -0.39 is 6.04 Å². The number of carbonyl (C=O) groups is 2. The molecule has 2 aliphatic rings. The Morgan fingerprint density at radius 1 is 1.18 bits per heavy atom. The van der Waals surface area contributed by atoms with Gasteiger partial charge in [0, 0.05) is 26.6 Å². The fourth-order valence-electron chi connectivity index (χ4n) is 4.00. The van der Waals surface area contributed by atoms with Crippen LogP contribution in [-0.2, 0) is 9.59 Å². The van der Waals surface area contributed by atoms with Gasteiger partial charge >= 0.3 is 0 Å². The average Bonchev–Trinajstić information content (AvgIpc) is 2.52. The van der Waals surface area contributed by atoms with E-state index in [4.69, 9.17) is 5.73 Å². The zero-order valence-corrected chi connectivity index (χ0v) is 14.3. The Morgan fingerprint density at radius 2 is 1.82 bits per heavy atom. The second kappa shape index (κ2) is 6.99. The lowest BCUT2D eigenvalue weighted by atomic mass is 9.78. The fraction of sp³-hybridized carbons (Fsp3) is 0.882. The van der Waals surface area contributed by atoms with Crippen molar-refractivity contribution in [2.45, 2.75) is 70.9 Å². The fourth-order valence-corrected chi connectivity index (χ4v) is 4.00. The third-order valence-corrected chi connectivity index (χ3v) is 5.67. The van der Waals surface area contributed by atoms with E-state index in [0.29, 0.717) is 19.6 Å². The summed E-state index contributed by atoms with van der Waals surface area (Å²) in [5.41, 5.74) is 6.00. The van der Waals surface area contributed by atoms with Gasteiger partial charge in [-0.15, -0.1) is 0 Å². The van der Waals surface area contributed by atoms with Crippen molar-refractivity contribution in [2.24, 2.45) is 11.7 Å². The van der Waals surface area contributed by atoms with Gasteiger partial charge in [0.25, 0.3) is 0 Å². The van der Waals surface area contributed by atoms with E-state index in [0.717, 1.165) is 32.1 Å². The Kier molecular flexibility index (Phi) is 5.48. The highest BCUT2D eigenvalue weighted by Gasteiger charge is 2.45. The second-order valence-corrected chi connectivity index (χ2v) is 7.13. The van der Waals surface area contributed by atoms with Gasteiger partial charge in [-0.1, -0.05) is 39.5 Å². The summed E-state index contributed by atoms with van der Waals surface area (Å²) in [5.74, 6) is 0.392. The molecule has 0 bridgehead atoms. The lowest BCUT2D eigenvalue weighted by Crippen LogP contribution is -2.66. The first-order valence-corrected chi connectivity index (χ1v) is 8.74. The van der Waals surface area contributed by atoms with Gasteiger partial charge in [0.2, 0.25) is 11.8 Å². The van der Waals surface area contributed by atoms with E-state index in [1.165, 1.54) is 6.42 Å². The number of amides is 2. The maximum atomic E-state index is 12.7. The van der Waals surface area contributed by atoms with Crippen molar-refractivity contribution in [1.82, 2.24) is 9.80 Å². The van der Waals surface area contributed by atoms with Crippen molar-refractivity contribution < 1.29 is 9.59 Å². The van der Waals surface area contributed by atoms with Crippen LogP contribution in [0.3, 0.4) is 0 Å². The molecule has 2 rings (SSSR count). The van der Waals surface area contributed by atoms with Crippen LogP contribution < -0.4 is 5.73 Å². The molecule has 1 aliphatic heterocycles. The minimum atomic E-state index is -0.422. The molecule has 1 saturated carbocycles. The standard InChI is InChI=1S/C17H31N3O2/c1-4-13(2)15(18)16(22)19-10-11-20(14(3)21)17(12-19)8-6-5-7-9-17/h13,15H,4-12,18H2,1-3H3. The van der Waals surface area contributed by atoms with Gasteiger partial charge in [-0.3, -0.25) is 9.59 Å². The van der Waals surface area contributed by atoms with Crippen LogP contribution >= 0.6 is 0 Å². The lowest BCUT2D eigenvalue weighted by Gasteiger charge is -2.53. The van der Waals surface area contributed by atoms with Crippen molar-refractivity contribution >= 4 is 11.8 Å². The zero-order valence-electron chi connectivity index (χ0n) is 14.3. The number of nitrogens with zero attached hydrogens (tertiary/aromatic N) is 2. The van der Waals surface area contributed by atoms with Gasteiger partial charge in [0.05, 0.1) is 11.6 Å². The first-order valence-electron chi connectivity index (χ1n) is 8.74. The van der Waals surface area contributed by atoms with Gasteiger partial charge < -0.3 is 15.5 Å². The summed E-state index contributed by atoms with van der Waals surface area (Å²) in [6.45, 7) is 7.67. The summed E-state index contributed by atoms with van der Waals surface area (Å²) in [6, 6.07) is -0.422. The van der Waals surface area contributed by atoms with Crippen molar-refractivity contribution in [1.29, 1.82) is 0 Å². The summed E-state index contributed by atoms with van der Waals surface area (Å²) in [4.78, 5) is 28.7. The van der Waals surface area contributed by atoms with E-state index in [9.17, 15) is 9.59 Å². The van der Waals surface area contributed by atoms with Crippen LogP contribution in [-0.4, -0.2) is 52.8 Å². The number of hydrogen-bond acceptors (Lipinski definition) is 3. The molecule has 2 atom stereocenters. The van der Waals surface area contributed by atoms with Crippen LogP contribution in [0.5, 0.6) is 0 Å². The minimum absolute atomic E-state index is 0.0579. The molecule has 2 fully saturated rings. The highest BCUT2D eigenvalue weighted by atomic mass is 16.2. The number of carbonyl (C=O) groups excluding carboxylic acids is 2. The van der Waals surface area contributed by atoms with Gasteiger partial charge in [0.1, 0.15) is 0 Å². The molecular weight excluding hydrogens is 278 g/mol. The maximum Gasteiger partial charge on any atom is 0.239 e. The highest BCUT2D eigenvalue weighted by Crippen LogP contribution is 2.37. The van der Waals surface area contributed by atoms with Gasteiger partial charge in [0.15, 0.2) is 0 Å². The normalized spacial score (nSPS) is 24.2. The predicted octanol–water partition coefficient (Wildman–Crippen LogP) is 1.75. The summed E-state index contributed by atoms with van der Waals surface area (Å²) in [5, 5.41) is 0. The quantitative estimate of drug-likeness (QED) is 0.864. The van der Waals surface area contributed by atoms with E-state index in [1.54, 1.807) is 6.92 Å². The van der Waals surface area contributed by atoms with Crippen molar-refractivity contribution in [2.75, 3.05) is 19.6 Å². The van der Waals surface area contributed by atoms with Crippen molar-refractivity contribution in [3.8, 4) is 0 Å². The first-order chi connectivity index (χ1) is 10.4. The molecule has 5 nitrogen and oxygen atoms in total. The van der Waals surface area contributed by atoms with Crippen molar-refractivity contribution in [3.63, 3.8) is 0 Å². The molecule has 5 heteroatoms. The topological polar surface area (TPSA) is 66.6 Å². The summed E-state index contributed by atoms with van der Waals surface area (Å²) in [6.07, 6.45) is 6.44. The molecule has 1 aliphatic carbocycles. The lowest BCUT2D eigenvalue weighted by molar-refractivity contribution is -0.151. The molecule has 0 aromatic heterocycles. The Bertz CT molecular complexity index is 418. The van der Waals surface area contributed by atoms with Crippen LogP contribution in [0.4, 0.5) is 0 Å². The molecule has 2 unspecified atom stereocenters. The summed E-state index contributed by atoms with van der Waals surface area (Å²) in [7, 11) is 0. The molecule has 2 N–H and O–H groups in total. The average molecular weight is 309 g/mol. The summed E-state index contributed by atoms with van der Waals surface area (Å²) < 4.78 is 0. The minimum Gasteiger partial charge on any atom is -0.337 e. The second-order valence-electron chi connectivity index (χ2n) is 7.13. The van der Waals surface area contributed by atoms with Crippen molar-refractivity contribution in [3.05, 3.63) is 0 Å². The third kappa shape index (κ3) is 3.29. The zero-order chi connectivity index (χ0) is 16.3. The SMILES string of the molecule is CCC(C)C(N)C(=O)N1CCN(C(C)=O)C2(CCCCC2)C1. The third-order valence-electron chi connectivity index (χ3n) is 5.67. The Labute approximate surface area is 134 Å². The number of piperazine rings is 1. The molecule has 1 saturated heterocycles. The smallest absolute Gasteiger partial charge is 0.239 e. The number of hydrogen-bond donors (Lipinski definition) is 1. The number of nitrogens with two attached hydrogens (primary N) is 1. The Hall–Kier alpha value is -1.10. The van der Waals surface area contributed by atoms with E-state index in [-0.39, 0.29) is 23.3 Å².